The van der Waals surface area contributed by atoms with E-state index in [9.17, 15) is 4.79 Å². The van der Waals surface area contributed by atoms with E-state index in [-0.39, 0.29) is 18.3 Å². The van der Waals surface area contributed by atoms with E-state index in [1.807, 2.05) is 24.3 Å². The van der Waals surface area contributed by atoms with Crippen LogP contribution in [-0.4, -0.2) is 19.0 Å². The molecule has 0 aliphatic carbocycles. The van der Waals surface area contributed by atoms with Gasteiger partial charge in [0.2, 0.25) is 0 Å². The second-order valence-corrected chi connectivity index (χ2v) is 3.19. The van der Waals surface area contributed by atoms with Crippen LogP contribution in [0, 0.1) is 0 Å². The van der Waals surface area contributed by atoms with E-state index in [0.29, 0.717) is 18.8 Å². The Hall–Kier alpha value is -1.52. The SMILES string of the molecule is Cl.NCCNC(=O)c1cc2ccccc2o1. The van der Waals surface area contributed by atoms with Crippen molar-refractivity contribution in [2.24, 2.45) is 5.73 Å². The highest BCUT2D eigenvalue weighted by Gasteiger charge is 2.10. The molecule has 0 spiro atoms. The molecule has 16 heavy (non-hydrogen) atoms. The molecule has 2 aromatic rings. The molecule has 86 valence electrons. The summed E-state index contributed by atoms with van der Waals surface area (Å²) in [5.41, 5.74) is 6.00. The van der Waals surface area contributed by atoms with Gasteiger partial charge in [-0.2, -0.15) is 0 Å². The van der Waals surface area contributed by atoms with Crippen molar-refractivity contribution in [3.05, 3.63) is 36.1 Å². The Labute approximate surface area is 99.2 Å². The molecule has 0 aliphatic rings. The lowest BCUT2D eigenvalue weighted by Crippen LogP contribution is -2.28. The number of fused-ring (bicyclic) bond motifs is 1. The summed E-state index contributed by atoms with van der Waals surface area (Å²) in [6.07, 6.45) is 0. The van der Waals surface area contributed by atoms with Crippen LogP contribution in [0.4, 0.5) is 0 Å². The number of furan rings is 1. The molecule has 1 aromatic heterocycles. The molecule has 2 rings (SSSR count). The van der Waals surface area contributed by atoms with E-state index in [4.69, 9.17) is 10.2 Å². The molecular weight excluding hydrogens is 228 g/mol. The highest BCUT2D eigenvalue weighted by Crippen LogP contribution is 2.18. The molecular formula is C11H13ClN2O2. The molecule has 0 aliphatic heterocycles. The monoisotopic (exact) mass is 240 g/mol. The maximum Gasteiger partial charge on any atom is 0.287 e. The van der Waals surface area contributed by atoms with Gasteiger partial charge < -0.3 is 15.5 Å². The van der Waals surface area contributed by atoms with Crippen LogP contribution < -0.4 is 11.1 Å². The zero-order valence-corrected chi connectivity index (χ0v) is 9.42. The minimum Gasteiger partial charge on any atom is -0.451 e. The third-order valence-corrected chi connectivity index (χ3v) is 2.08. The number of carbonyl (C=O) groups is 1. The predicted octanol–water partition coefficient (Wildman–Crippen LogP) is 1.54. The third kappa shape index (κ3) is 2.53. The Morgan fingerprint density at radius 1 is 1.38 bits per heavy atom. The smallest absolute Gasteiger partial charge is 0.287 e. The summed E-state index contributed by atoms with van der Waals surface area (Å²) in [5, 5.41) is 3.58. The summed E-state index contributed by atoms with van der Waals surface area (Å²) in [7, 11) is 0. The quantitative estimate of drug-likeness (QED) is 0.855. The molecule has 5 heteroatoms. The number of benzene rings is 1. The van der Waals surface area contributed by atoms with Crippen LogP contribution in [0.2, 0.25) is 0 Å². The fraction of sp³-hybridized carbons (Fsp3) is 0.182. The lowest BCUT2D eigenvalue weighted by Gasteiger charge is -1.98. The summed E-state index contributed by atoms with van der Waals surface area (Å²) >= 11 is 0. The second kappa shape index (κ2) is 5.53. The zero-order chi connectivity index (χ0) is 10.7. The molecule has 1 amide bonds. The van der Waals surface area contributed by atoms with Crippen LogP contribution >= 0.6 is 12.4 Å². The van der Waals surface area contributed by atoms with Gasteiger partial charge in [-0.1, -0.05) is 18.2 Å². The molecule has 0 atom stereocenters. The van der Waals surface area contributed by atoms with Crippen molar-refractivity contribution in [3.63, 3.8) is 0 Å². The Balaban J connectivity index is 0.00000128. The highest BCUT2D eigenvalue weighted by atomic mass is 35.5. The Morgan fingerprint density at radius 2 is 2.12 bits per heavy atom. The molecule has 1 aromatic carbocycles. The number of halogens is 1. The van der Waals surface area contributed by atoms with Crippen molar-refractivity contribution < 1.29 is 9.21 Å². The van der Waals surface area contributed by atoms with Gasteiger partial charge in [0, 0.05) is 18.5 Å². The number of hydrogen-bond donors (Lipinski definition) is 2. The minimum atomic E-state index is -0.225. The van der Waals surface area contributed by atoms with Gasteiger partial charge in [0.15, 0.2) is 5.76 Å². The van der Waals surface area contributed by atoms with Crippen molar-refractivity contribution in [1.29, 1.82) is 0 Å². The molecule has 1 heterocycles. The summed E-state index contributed by atoms with van der Waals surface area (Å²) in [4.78, 5) is 11.5. The highest BCUT2D eigenvalue weighted by molar-refractivity contribution is 5.96. The summed E-state index contributed by atoms with van der Waals surface area (Å²) in [5.74, 6) is 0.0984. The second-order valence-electron chi connectivity index (χ2n) is 3.19. The van der Waals surface area contributed by atoms with E-state index in [0.717, 1.165) is 11.0 Å². The third-order valence-electron chi connectivity index (χ3n) is 2.08. The van der Waals surface area contributed by atoms with E-state index in [2.05, 4.69) is 5.32 Å². The van der Waals surface area contributed by atoms with Gasteiger partial charge in [-0.25, -0.2) is 0 Å². The normalized spacial score (nSPS) is 9.81. The first-order chi connectivity index (χ1) is 7.31. The first-order valence-corrected chi connectivity index (χ1v) is 4.78. The van der Waals surface area contributed by atoms with E-state index in [1.54, 1.807) is 6.07 Å². The number of rotatable bonds is 3. The number of amides is 1. The van der Waals surface area contributed by atoms with Crippen molar-refractivity contribution >= 4 is 29.3 Å². The van der Waals surface area contributed by atoms with E-state index < -0.39 is 0 Å². The molecule has 0 saturated carbocycles. The zero-order valence-electron chi connectivity index (χ0n) is 8.60. The summed E-state index contributed by atoms with van der Waals surface area (Å²) < 4.78 is 5.37. The van der Waals surface area contributed by atoms with Crippen LogP contribution in [0.5, 0.6) is 0 Å². The number of carbonyl (C=O) groups excluding carboxylic acids is 1. The first-order valence-electron chi connectivity index (χ1n) is 4.78. The van der Waals surface area contributed by atoms with Crippen LogP contribution in [0.1, 0.15) is 10.6 Å². The van der Waals surface area contributed by atoms with Crippen molar-refractivity contribution in [1.82, 2.24) is 5.32 Å². The fourth-order valence-corrected chi connectivity index (χ4v) is 1.37. The first kappa shape index (κ1) is 12.5. The number of nitrogens with one attached hydrogen (secondary N) is 1. The number of nitrogens with two attached hydrogens (primary N) is 1. The van der Waals surface area contributed by atoms with Crippen molar-refractivity contribution in [2.45, 2.75) is 0 Å². The van der Waals surface area contributed by atoms with E-state index >= 15 is 0 Å². The van der Waals surface area contributed by atoms with Gasteiger partial charge in [0.1, 0.15) is 5.58 Å². The lowest BCUT2D eigenvalue weighted by atomic mass is 10.2. The topological polar surface area (TPSA) is 68.3 Å². The number of para-hydroxylation sites is 1. The van der Waals surface area contributed by atoms with Gasteiger partial charge >= 0.3 is 0 Å². The molecule has 0 unspecified atom stereocenters. The van der Waals surface area contributed by atoms with Crippen LogP contribution in [0.3, 0.4) is 0 Å². The Morgan fingerprint density at radius 3 is 2.81 bits per heavy atom. The summed E-state index contributed by atoms with van der Waals surface area (Å²) in [6.45, 7) is 0.877. The van der Waals surface area contributed by atoms with Gasteiger partial charge in [0.05, 0.1) is 0 Å². The predicted molar refractivity (Wildman–Crippen MR) is 64.8 cm³/mol. The average molecular weight is 241 g/mol. The maximum absolute atomic E-state index is 11.5. The van der Waals surface area contributed by atoms with Gasteiger partial charge in [-0.15, -0.1) is 12.4 Å². The molecule has 4 nitrogen and oxygen atoms in total. The molecule has 0 radical (unpaired) electrons. The van der Waals surface area contributed by atoms with Crippen LogP contribution in [-0.2, 0) is 0 Å². The molecule has 0 bridgehead atoms. The van der Waals surface area contributed by atoms with Crippen molar-refractivity contribution in [3.8, 4) is 0 Å². The molecule has 3 N–H and O–H groups in total. The standard InChI is InChI=1S/C11H12N2O2.ClH/c12-5-6-13-11(14)10-7-8-3-1-2-4-9(8)15-10;/h1-4,7H,5-6,12H2,(H,13,14);1H. The van der Waals surface area contributed by atoms with E-state index in [1.165, 1.54) is 0 Å². The average Bonchev–Trinajstić information content (AvgIpc) is 2.69. The van der Waals surface area contributed by atoms with Crippen LogP contribution in [0.15, 0.2) is 34.7 Å². The van der Waals surface area contributed by atoms with Gasteiger partial charge in [-0.3, -0.25) is 4.79 Å². The maximum atomic E-state index is 11.5. The Kier molecular flexibility index (Phi) is 4.34. The molecule has 0 saturated heterocycles. The Bertz CT molecular complexity index is 449. The van der Waals surface area contributed by atoms with Gasteiger partial charge in [-0.05, 0) is 12.1 Å². The minimum absolute atomic E-state index is 0. The molecule has 0 fully saturated rings. The summed E-state index contributed by atoms with van der Waals surface area (Å²) in [6, 6.07) is 9.22. The lowest BCUT2D eigenvalue weighted by molar-refractivity contribution is 0.0929. The fourth-order valence-electron chi connectivity index (χ4n) is 1.37. The van der Waals surface area contributed by atoms with Crippen molar-refractivity contribution in [2.75, 3.05) is 13.1 Å². The van der Waals surface area contributed by atoms with Crippen LogP contribution in [0.25, 0.3) is 11.0 Å². The van der Waals surface area contributed by atoms with Gasteiger partial charge in [0.25, 0.3) is 5.91 Å². The largest absolute Gasteiger partial charge is 0.451 e. The number of hydrogen-bond acceptors (Lipinski definition) is 3.